The fourth-order valence-electron chi connectivity index (χ4n) is 1.75. The molecule has 0 aromatic carbocycles. The molecule has 0 amide bonds. The Labute approximate surface area is 92.4 Å². The zero-order valence-electron chi connectivity index (χ0n) is 9.53. The van der Waals surface area contributed by atoms with Gasteiger partial charge < -0.3 is 13.3 Å². The van der Waals surface area contributed by atoms with Crippen molar-refractivity contribution in [2.75, 3.05) is 21.3 Å². The van der Waals surface area contributed by atoms with Crippen molar-refractivity contribution in [1.82, 2.24) is 0 Å². The van der Waals surface area contributed by atoms with Crippen LogP contribution in [0.15, 0.2) is 36.5 Å². The molecule has 0 aromatic heterocycles. The van der Waals surface area contributed by atoms with E-state index in [9.17, 15) is 0 Å². The quantitative estimate of drug-likeness (QED) is 0.673. The molecule has 0 spiro atoms. The second kappa shape index (κ2) is 5.41. The summed E-state index contributed by atoms with van der Waals surface area (Å²) in [5, 5.41) is 0. The van der Waals surface area contributed by atoms with Crippen molar-refractivity contribution >= 4 is 8.80 Å². The topological polar surface area (TPSA) is 27.7 Å². The van der Waals surface area contributed by atoms with Crippen LogP contribution in [0.25, 0.3) is 0 Å². The molecular weight excluding hydrogens is 208 g/mol. The summed E-state index contributed by atoms with van der Waals surface area (Å²) in [6, 6.07) is 0. The maximum absolute atomic E-state index is 5.43. The van der Waals surface area contributed by atoms with Crippen molar-refractivity contribution in [3.05, 3.63) is 36.5 Å². The van der Waals surface area contributed by atoms with Gasteiger partial charge in [-0.25, -0.2) is 0 Å². The van der Waals surface area contributed by atoms with E-state index in [2.05, 4.69) is 18.7 Å². The Hall–Kier alpha value is -0.683. The average molecular weight is 226 g/mol. The summed E-state index contributed by atoms with van der Waals surface area (Å²) in [5.41, 5.74) is 1.33. The van der Waals surface area contributed by atoms with Crippen molar-refractivity contribution in [2.45, 2.75) is 12.0 Å². The first-order chi connectivity index (χ1) is 7.22. The van der Waals surface area contributed by atoms with Crippen LogP contribution in [0.3, 0.4) is 0 Å². The van der Waals surface area contributed by atoms with E-state index in [4.69, 9.17) is 13.3 Å². The zero-order chi connectivity index (χ0) is 11.3. The van der Waals surface area contributed by atoms with E-state index in [0.29, 0.717) is 0 Å². The molecule has 0 saturated heterocycles. The summed E-state index contributed by atoms with van der Waals surface area (Å²) in [5.74, 6) is 0. The standard InChI is InChI=1S/C11H18O3Si/c1-5-10-6-8-11(9-7-10)15(12-2,13-3)14-4/h5-8,11H,1,9H2,2-4H3. The minimum Gasteiger partial charge on any atom is -0.376 e. The van der Waals surface area contributed by atoms with Gasteiger partial charge in [0.2, 0.25) is 0 Å². The molecule has 1 unspecified atom stereocenters. The van der Waals surface area contributed by atoms with E-state index in [1.165, 1.54) is 0 Å². The Bertz CT molecular complexity index is 271. The van der Waals surface area contributed by atoms with Crippen molar-refractivity contribution < 1.29 is 13.3 Å². The molecule has 0 fully saturated rings. The molecule has 15 heavy (non-hydrogen) atoms. The van der Waals surface area contributed by atoms with Crippen LogP contribution < -0.4 is 0 Å². The SMILES string of the molecule is C=CC1=CCC([Si](OC)(OC)OC)C=C1. The van der Waals surface area contributed by atoms with Crippen molar-refractivity contribution in [1.29, 1.82) is 0 Å². The number of hydrogen-bond acceptors (Lipinski definition) is 3. The van der Waals surface area contributed by atoms with E-state index in [-0.39, 0.29) is 5.54 Å². The highest BCUT2D eigenvalue weighted by Crippen LogP contribution is 2.32. The number of hydrogen-bond donors (Lipinski definition) is 0. The van der Waals surface area contributed by atoms with Crippen LogP contribution in [0.2, 0.25) is 5.54 Å². The Kier molecular flexibility index (Phi) is 4.47. The predicted octanol–water partition coefficient (Wildman–Crippen LogP) is 2.31. The molecule has 1 aliphatic rings. The first-order valence-corrected chi connectivity index (χ1v) is 6.69. The van der Waals surface area contributed by atoms with Gasteiger partial charge in [-0.3, -0.25) is 0 Å². The first-order valence-electron chi connectivity index (χ1n) is 4.88. The third-order valence-corrected chi connectivity index (χ3v) is 5.72. The fourth-order valence-corrected chi connectivity index (χ4v) is 3.90. The van der Waals surface area contributed by atoms with Gasteiger partial charge in [0.25, 0.3) is 0 Å². The molecule has 1 atom stereocenters. The van der Waals surface area contributed by atoms with Crippen molar-refractivity contribution in [3.63, 3.8) is 0 Å². The lowest BCUT2D eigenvalue weighted by atomic mass is 10.1. The van der Waals surface area contributed by atoms with Gasteiger partial charge in [-0.1, -0.05) is 30.9 Å². The van der Waals surface area contributed by atoms with E-state index in [1.807, 2.05) is 12.2 Å². The first kappa shape index (κ1) is 12.4. The Morgan fingerprint density at radius 3 is 2.27 bits per heavy atom. The van der Waals surface area contributed by atoms with E-state index >= 15 is 0 Å². The average Bonchev–Trinajstić information content (AvgIpc) is 2.33. The molecule has 0 N–H and O–H groups in total. The zero-order valence-corrected chi connectivity index (χ0v) is 10.5. The van der Waals surface area contributed by atoms with Gasteiger partial charge in [0.05, 0.1) is 5.54 Å². The summed E-state index contributed by atoms with van der Waals surface area (Å²) in [6.07, 6.45) is 8.94. The lowest BCUT2D eigenvalue weighted by Crippen LogP contribution is -2.47. The number of allylic oxidation sites excluding steroid dienone is 5. The Morgan fingerprint density at radius 1 is 1.33 bits per heavy atom. The van der Waals surface area contributed by atoms with Gasteiger partial charge >= 0.3 is 8.80 Å². The van der Waals surface area contributed by atoms with Crippen LogP contribution in [-0.4, -0.2) is 30.1 Å². The molecule has 0 aromatic rings. The van der Waals surface area contributed by atoms with E-state index in [1.54, 1.807) is 21.3 Å². The molecule has 0 aliphatic heterocycles. The minimum absolute atomic E-state index is 0.196. The maximum Gasteiger partial charge on any atom is 0.507 e. The highest BCUT2D eigenvalue weighted by atomic mass is 28.4. The molecule has 1 rings (SSSR count). The second-order valence-corrected chi connectivity index (χ2v) is 6.50. The minimum atomic E-state index is -2.52. The molecule has 1 aliphatic carbocycles. The molecule has 0 heterocycles. The fraction of sp³-hybridized carbons (Fsp3) is 0.455. The summed E-state index contributed by atoms with van der Waals surface area (Å²) >= 11 is 0. The van der Waals surface area contributed by atoms with Crippen LogP contribution >= 0.6 is 0 Å². The monoisotopic (exact) mass is 226 g/mol. The van der Waals surface area contributed by atoms with Crippen LogP contribution in [-0.2, 0) is 13.3 Å². The highest BCUT2D eigenvalue weighted by Gasteiger charge is 2.45. The van der Waals surface area contributed by atoms with Gasteiger partial charge in [-0.05, 0) is 12.0 Å². The molecule has 84 valence electrons. The van der Waals surface area contributed by atoms with Crippen LogP contribution in [0.1, 0.15) is 6.42 Å². The summed E-state index contributed by atoms with van der Waals surface area (Å²) in [4.78, 5) is 0. The van der Waals surface area contributed by atoms with Gasteiger partial charge in [0, 0.05) is 21.3 Å². The van der Waals surface area contributed by atoms with Gasteiger partial charge in [-0.15, -0.1) is 0 Å². The maximum atomic E-state index is 5.43. The number of rotatable bonds is 5. The molecule has 0 radical (unpaired) electrons. The van der Waals surface area contributed by atoms with E-state index < -0.39 is 8.80 Å². The van der Waals surface area contributed by atoms with Gasteiger partial charge in [0.15, 0.2) is 0 Å². The third kappa shape index (κ3) is 2.46. The smallest absolute Gasteiger partial charge is 0.376 e. The highest BCUT2D eigenvalue weighted by molar-refractivity contribution is 6.63. The molecular formula is C11H18O3Si. The molecule has 0 bridgehead atoms. The Balaban J connectivity index is 2.78. The third-order valence-electron chi connectivity index (χ3n) is 2.67. The molecule has 0 saturated carbocycles. The van der Waals surface area contributed by atoms with Crippen LogP contribution in [0.5, 0.6) is 0 Å². The van der Waals surface area contributed by atoms with Crippen molar-refractivity contribution in [3.8, 4) is 0 Å². The normalized spacial score (nSPS) is 21.3. The lowest BCUT2D eigenvalue weighted by Gasteiger charge is -2.31. The predicted molar refractivity (Wildman–Crippen MR) is 62.6 cm³/mol. The summed E-state index contributed by atoms with van der Waals surface area (Å²) in [6.45, 7) is 3.73. The van der Waals surface area contributed by atoms with Crippen LogP contribution in [0, 0.1) is 0 Å². The molecule has 3 nitrogen and oxygen atoms in total. The Morgan fingerprint density at radius 2 is 1.93 bits per heavy atom. The molecule has 4 heteroatoms. The van der Waals surface area contributed by atoms with Gasteiger partial charge in [0.1, 0.15) is 0 Å². The van der Waals surface area contributed by atoms with Crippen molar-refractivity contribution in [2.24, 2.45) is 0 Å². The van der Waals surface area contributed by atoms with E-state index in [0.717, 1.165) is 12.0 Å². The summed E-state index contributed by atoms with van der Waals surface area (Å²) in [7, 11) is 2.39. The van der Waals surface area contributed by atoms with Gasteiger partial charge in [-0.2, -0.15) is 0 Å². The van der Waals surface area contributed by atoms with Crippen LogP contribution in [0.4, 0.5) is 0 Å². The summed E-state index contributed by atoms with van der Waals surface area (Å²) < 4.78 is 16.3. The lowest BCUT2D eigenvalue weighted by molar-refractivity contribution is 0.116. The largest absolute Gasteiger partial charge is 0.507 e. The second-order valence-electron chi connectivity index (χ2n) is 3.33.